The van der Waals surface area contributed by atoms with Crippen LogP contribution in [0.25, 0.3) is 0 Å². The summed E-state index contributed by atoms with van der Waals surface area (Å²) in [5, 5.41) is 10.4. The number of rotatable bonds is 2. The van der Waals surface area contributed by atoms with Gasteiger partial charge in [0, 0.05) is 18.2 Å². The Morgan fingerprint density at radius 2 is 1.94 bits per heavy atom. The predicted molar refractivity (Wildman–Crippen MR) is 74.1 cm³/mol. The zero-order valence-corrected chi connectivity index (χ0v) is 11.6. The van der Waals surface area contributed by atoms with E-state index in [-0.39, 0.29) is 11.4 Å². The summed E-state index contributed by atoms with van der Waals surface area (Å²) in [4.78, 5) is 11.8. The summed E-state index contributed by atoms with van der Waals surface area (Å²) in [6.07, 6.45) is 3.63. The van der Waals surface area contributed by atoms with Gasteiger partial charge in [0.1, 0.15) is 0 Å². The summed E-state index contributed by atoms with van der Waals surface area (Å²) in [5.74, 6) is 0.159. The van der Waals surface area contributed by atoms with Crippen LogP contribution in [0.5, 0.6) is 5.88 Å². The first kappa shape index (κ1) is 13.1. The molecule has 4 nitrogen and oxygen atoms in total. The second-order valence-corrected chi connectivity index (χ2v) is 5.49. The van der Waals surface area contributed by atoms with E-state index in [2.05, 4.69) is 7.05 Å². The lowest BCUT2D eigenvalue weighted by atomic mass is 10.1. The van der Waals surface area contributed by atoms with Crippen LogP contribution in [-0.4, -0.2) is 29.8 Å². The molecule has 0 bridgehead atoms. The van der Waals surface area contributed by atoms with Gasteiger partial charge in [0.05, 0.1) is 20.1 Å². The van der Waals surface area contributed by atoms with Gasteiger partial charge in [-0.25, -0.2) is 0 Å². The van der Waals surface area contributed by atoms with Crippen molar-refractivity contribution in [2.75, 3.05) is 20.1 Å². The molecule has 1 aromatic rings. The number of hydrogen-bond acceptors (Lipinski definition) is 2. The van der Waals surface area contributed by atoms with Crippen molar-refractivity contribution >= 4 is 5.69 Å². The molecule has 18 heavy (non-hydrogen) atoms. The van der Waals surface area contributed by atoms with E-state index in [9.17, 15) is 9.90 Å². The number of quaternary nitrogens is 1. The number of aromatic hydroxyl groups is 1. The molecule has 0 unspecified atom stereocenters. The van der Waals surface area contributed by atoms with Crippen molar-refractivity contribution < 1.29 is 5.11 Å². The number of pyridine rings is 1. The van der Waals surface area contributed by atoms with E-state index in [4.69, 9.17) is 0 Å². The van der Waals surface area contributed by atoms with E-state index >= 15 is 0 Å². The molecule has 0 aromatic carbocycles. The molecule has 0 amide bonds. The summed E-state index contributed by atoms with van der Waals surface area (Å²) in [5.41, 5.74) is 1.72. The Labute approximate surface area is 108 Å². The van der Waals surface area contributed by atoms with Gasteiger partial charge in [-0.15, -0.1) is 0 Å². The molecule has 0 saturated carbocycles. The van der Waals surface area contributed by atoms with Crippen LogP contribution in [0, 0.1) is 6.92 Å². The number of aryl methyl sites for hydroxylation is 1. The SMILES string of the molecule is CCn1c(O)c([N+]2(C)CCCCC2)c(C)cc1=O. The third-order valence-electron chi connectivity index (χ3n) is 4.11. The maximum atomic E-state index is 11.8. The molecule has 1 saturated heterocycles. The first-order valence-electron chi connectivity index (χ1n) is 6.78. The number of piperidine rings is 1. The Bertz CT molecular complexity index is 499. The van der Waals surface area contributed by atoms with E-state index < -0.39 is 0 Å². The average Bonchev–Trinajstić information content (AvgIpc) is 2.29. The van der Waals surface area contributed by atoms with Crippen molar-refractivity contribution in [1.29, 1.82) is 0 Å². The van der Waals surface area contributed by atoms with Crippen LogP contribution in [0.2, 0.25) is 0 Å². The second kappa shape index (κ2) is 4.76. The van der Waals surface area contributed by atoms with Crippen LogP contribution in [0.1, 0.15) is 31.7 Å². The molecule has 1 aromatic heterocycles. The van der Waals surface area contributed by atoms with Gasteiger partial charge in [-0.2, -0.15) is 0 Å². The van der Waals surface area contributed by atoms with Crippen LogP contribution >= 0.6 is 0 Å². The maximum absolute atomic E-state index is 11.8. The molecule has 100 valence electrons. The highest BCUT2D eigenvalue weighted by atomic mass is 16.3. The van der Waals surface area contributed by atoms with E-state index in [0.29, 0.717) is 6.54 Å². The van der Waals surface area contributed by atoms with Gasteiger partial charge in [-0.05, 0) is 33.1 Å². The van der Waals surface area contributed by atoms with E-state index in [0.717, 1.165) is 28.8 Å². The number of likely N-dealkylation sites (tertiary alicyclic amines) is 1. The van der Waals surface area contributed by atoms with Crippen LogP contribution in [0.4, 0.5) is 5.69 Å². The van der Waals surface area contributed by atoms with Crippen LogP contribution < -0.4 is 10.0 Å². The fourth-order valence-electron chi connectivity index (χ4n) is 3.15. The van der Waals surface area contributed by atoms with Crippen molar-refractivity contribution in [1.82, 2.24) is 9.05 Å². The Kier molecular flexibility index (Phi) is 3.48. The summed E-state index contributed by atoms with van der Waals surface area (Å²) in [6, 6.07) is 1.65. The normalized spacial score (nSPS) is 18.8. The quantitative estimate of drug-likeness (QED) is 0.817. The van der Waals surface area contributed by atoms with Gasteiger partial charge in [-0.3, -0.25) is 13.8 Å². The highest BCUT2D eigenvalue weighted by Gasteiger charge is 2.33. The van der Waals surface area contributed by atoms with Crippen LogP contribution in [0.15, 0.2) is 10.9 Å². The average molecular weight is 251 g/mol. The summed E-state index contributed by atoms with van der Waals surface area (Å²) in [6.45, 7) is 6.40. The van der Waals surface area contributed by atoms with Gasteiger partial charge in [-0.1, -0.05) is 0 Å². The molecule has 2 rings (SSSR count). The minimum Gasteiger partial charge on any atom is -0.490 e. The van der Waals surface area contributed by atoms with Gasteiger partial charge >= 0.3 is 0 Å². The monoisotopic (exact) mass is 251 g/mol. The lowest BCUT2D eigenvalue weighted by Crippen LogP contribution is -2.50. The minimum absolute atomic E-state index is 0.111. The summed E-state index contributed by atoms with van der Waals surface area (Å²) < 4.78 is 2.21. The van der Waals surface area contributed by atoms with Gasteiger partial charge in [0.25, 0.3) is 11.4 Å². The number of hydrogen-bond donors (Lipinski definition) is 1. The standard InChI is InChI=1S/C14H22N2O2/c1-4-15-12(17)10-11(2)13(14(15)18)16(3)8-6-5-7-9-16/h10H,4-9H2,1-3H3/p+1. The molecule has 0 spiro atoms. The Morgan fingerprint density at radius 3 is 2.50 bits per heavy atom. The van der Waals surface area contributed by atoms with Crippen molar-refractivity contribution in [2.45, 2.75) is 39.7 Å². The third kappa shape index (κ3) is 2.05. The van der Waals surface area contributed by atoms with Crippen molar-refractivity contribution in [3.8, 4) is 5.88 Å². The summed E-state index contributed by atoms with van der Waals surface area (Å²) in [7, 11) is 2.16. The van der Waals surface area contributed by atoms with Gasteiger partial charge in [0.2, 0.25) is 0 Å². The number of aromatic nitrogens is 1. The molecule has 1 aliphatic heterocycles. The molecular weight excluding hydrogens is 228 g/mol. The van der Waals surface area contributed by atoms with Crippen molar-refractivity contribution in [3.63, 3.8) is 0 Å². The van der Waals surface area contributed by atoms with E-state index in [1.807, 2.05) is 13.8 Å². The maximum Gasteiger partial charge on any atom is 0.257 e. The smallest absolute Gasteiger partial charge is 0.257 e. The molecule has 1 fully saturated rings. The highest BCUT2D eigenvalue weighted by molar-refractivity contribution is 5.57. The largest absolute Gasteiger partial charge is 0.490 e. The van der Waals surface area contributed by atoms with Crippen LogP contribution in [0.3, 0.4) is 0 Å². The predicted octanol–water partition coefficient (Wildman–Crippen LogP) is 2.00. The molecule has 1 N–H and O–H groups in total. The highest BCUT2D eigenvalue weighted by Crippen LogP contribution is 2.36. The van der Waals surface area contributed by atoms with Crippen LogP contribution in [-0.2, 0) is 6.54 Å². The molecule has 4 heteroatoms. The second-order valence-electron chi connectivity index (χ2n) is 5.49. The van der Waals surface area contributed by atoms with Crippen molar-refractivity contribution in [2.24, 2.45) is 0 Å². The van der Waals surface area contributed by atoms with Gasteiger partial charge < -0.3 is 5.11 Å². The summed E-state index contributed by atoms with van der Waals surface area (Å²) >= 11 is 0. The zero-order chi connectivity index (χ0) is 13.3. The topological polar surface area (TPSA) is 42.2 Å². The Hall–Kier alpha value is -1.29. The molecule has 1 aliphatic rings. The van der Waals surface area contributed by atoms with E-state index in [1.54, 1.807) is 6.07 Å². The first-order chi connectivity index (χ1) is 8.49. The molecular formula is C14H23N2O2+. The number of nitrogens with zero attached hydrogens (tertiary/aromatic N) is 2. The van der Waals surface area contributed by atoms with E-state index in [1.165, 1.54) is 23.8 Å². The molecule has 2 heterocycles. The first-order valence-corrected chi connectivity index (χ1v) is 6.78. The van der Waals surface area contributed by atoms with Gasteiger partial charge in [0.15, 0.2) is 5.69 Å². The molecule has 0 aliphatic carbocycles. The Morgan fingerprint density at radius 1 is 1.33 bits per heavy atom. The fraction of sp³-hybridized carbons (Fsp3) is 0.643. The molecule has 0 radical (unpaired) electrons. The lowest BCUT2D eigenvalue weighted by Gasteiger charge is -2.38. The minimum atomic E-state index is -0.111. The fourth-order valence-corrected chi connectivity index (χ4v) is 3.15. The lowest BCUT2D eigenvalue weighted by molar-refractivity contribution is 0.260. The zero-order valence-electron chi connectivity index (χ0n) is 11.6. The third-order valence-corrected chi connectivity index (χ3v) is 4.11. The van der Waals surface area contributed by atoms with Crippen molar-refractivity contribution in [3.05, 3.63) is 22.0 Å². The molecule has 0 atom stereocenters. The Balaban J connectivity index is 2.59.